The average molecular weight is 424 g/mol. The Hall–Kier alpha value is -2.76. The van der Waals surface area contributed by atoms with Crippen LogP contribution in [0, 0.1) is 5.41 Å². The van der Waals surface area contributed by atoms with E-state index in [2.05, 4.69) is 14.7 Å². The Labute approximate surface area is 161 Å². The molecular formula is C20H15N3O3Se. The van der Waals surface area contributed by atoms with Gasteiger partial charge < -0.3 is 0 Å². The van der Waals surface area contributed by atoms with Crippen LogP contribution < -0.4 is 5.48 Å². The fourth-order valence-electron chi connectivity index (χ4n) is 4.37. The van der Waals surface area contributed by atoms with E-state index in [1.807, 2.05) is 60.7 Å². The second kappa shape index (κ2) is 6.15. The summed E-state index contributed by atoms with van der Waals surface area (Å²) in [6, 6.07) is 19.3. The van der Waals surface area contributed by atoms with E-state index in [0.29, 0.717) is 6.42 Å². The Balaban J connectivity index is 1.82. The second-order valence-electron chi connectivity index (χ2n) is 6.78. The van der Waals surface area contributed by atoms with Gasteiger partial charge in [0, 0.05) is 0 Å². The molecule has 1 aromatic heterocycles. The predicted octanol–water partition coefficient (Wildman–Crippen LogP) is 1.58. The molecule has 1 spiro atoms. The van der Waals surface area contributed by atoms with E-state index in [1.54, 1.807) is 0 Å². The van der Waals surface area contributed by atoms with Crippen molar-refractivity contribution in [3.8, 4) is 0 Å². The molecule has 5 rings (SSSR count). The average Bonchev–Trinajstić information content (AvgIpc) is 3.29. The van der Waals surface area contributed by atoms with E-state index in [4.69, 9.17) is 4.84 Å². The number of hydrogen-bond acceptors (Lipinski definition) is 5. The number of amides is 1. The van der Waals surface area contributed by atoms with Crippen LogP contribution >= 0.6 is 0 Å². The molecule has 1 aliphatic heterocycles. The van der Waals surface area contributed by atoms with E-state index in [0.717, 1.165) is 21.3 Å². The Bertz CT molecular complexity index is 1000. The molecule has 1 fully saturated rings. The van der Waals surface area contributed by atoms with Crippen molar-refractivity contribution in [1.82, 2.24) is 14.7 Å². The normalized spacial score (nSPS) is 26.5. The number of nitrogens with zero attached hydrogens (tertiary/aromatic N) is 2. The van der Waals surface area contributed by atoms with Crippen LogP contribution in [0.5, 0.6) is 0 Å². The number of benzene rings is 2. The van der Waals surface area contributed by atoms with Crippen molar-refractivity contribution in [2.45, 2.75) is 18.3 Å². The van der Waals surface area contributed by atoms with E-state index >= 15 is 0 Å². The van der Waals surface area contributed by atoms with Gasteiger partial charge in [-0.25, -0.2) is 0 Å². The van der Waals surface area contributed by atoms with Gasteiger partial charge in [0.05, 0.1) is 0 Å². The molecular weight excluding hydrogens is 409 g/mol. The fraction of sp³-hybridized carbons (Fsp3) is 0.200. The third-order valence-electron chi connectivity index (χ3n) is 5.53. The number of rotatable bonds is 2. The van der Waals surface area contributed by atoms with Crippen molar-refractivity contribution >= 4 is 26.6 Å². The zero-order valence-corrected chi connectivity index (χ0v) is 15.9. The molecule has 1 saturated heterocycles. The standard InChI is InChI=1S/C20H15N3O3Se/c24-18-20(19(25)26-22-18)14(12-7-3-1-4-8-12)11-15-17(27-23-21-15)16(20)13-9-5-2-6-10-13/h1-10,14,16H,11H2,(H,22,24). The van der Waals surface area contributed by atoms with Gasteiger partial charge in [0.15, 0.2) is 0 Å². The molecule has 1 N–H and O–H groups in total. The first-order chi connectivity index (χ1) is 13.2. The Kier molecular flexibility index (Phi) is 3.74. The van der Waals surface area contributed by atoms with Gasteiger partial charge >= 0.3 is 161 Å². The molecule has 27 heavy (non-hydrogen) atoms. The Morgan fingerprint density at radius 3 is 2.30 bits per heavy atom. The molecule has 2 aliphatic rings. The number of aromatic nitrogens is 2. The van der Waals surface area contributed by atoms with Crippen LogP contribution in [0.15, 0.2) is 60.7 Å². The van der Waals surface area contributed by atoms with Gasteiger partial charge in [-0.05, 0) is 0 Å². The van der Waals surface area contributed by atoms with Crippen LogP contribution in [0.3, 0.4) is 0 Å². The molecule has 1 aliphatic carbocycles. The summed E-state index contributed by atoms with van der Waals surface area (Å²) in [6.07, 6.45) is 0.496. The monoisotopic (exact) mass is 425 g/mol. The van der Waals surface area contributed by atoms with Gasteiger partial charge in [-0.3, -0.25) is 0 Å². The minimum atomic E-state index is -1.35. The molecule has 0 bridgehead atoms. The second-order valence-corrected chi connectivity index (χ2v) is 8.43. The van der Waals surface area contributed by atoms with Crippen LogP contribution in [-0.4, -0.2) is 35.8 Å². The number of carbonyl (C=O) groups is 2. The fourth-order valence-corrected chi connectivity index (χ4v) is 6.22. The summed E-state index contributed by atoms with van der Waals surface area (Å²) in [6.45, 7) is 0. The van der Waals surface area contributed by atoms with E-state index in [9.17, 15) is 9.59 Å². The maximum atomic E-state index is 13.2. The summed E-state index contributed by atoms with van der Waals surface area (Å²) in [5, 5.41) is 4.36. The Morgan fingerprint density at radius 2 is 1.67 bits per heavy atom. The number of hydroxylamine groups is 1. The summed E-state index contributed by atoms with van der Waals surface area (Å²) in [5.74, 6) is -1.71. The summed E-state index contributed by atoms with van der Waals surface area (Å²) in [4.78, 5) is 31.4. The summed E-state index contributed by atoms with van der Waals surface area (Å²) >= 11 is -0.229. The van der Waals surface area contributed by atoms with Crippen molar-refractivity contribution in [2.24, 2.45) is 5.41 Å². The number of carbonyl (C=O) groups excluding carboxylic acids is 2. The number of hydrogen-bond donors (Lipinski definition) is 1. The first kappa shape index (κ1) is 16.4. The SMILES string of the molecule is O=C1NOC(=O)C12C(c1ccccc1)Cc1nn[se]c1C2c1ccccc1. The zero-order valence-electron chi connectivity index (χ0n) is 14.2. The van der Waals surface area contributed by atoms with E-state index in [-0.39, 0.29) is 26.6 Å². The predicted molar refractivity (Wildman–Crippen MR) is 96.8 cm³/mol. The first-order valence-corrected chi connectivity index (χ1v) is 10.3. The molecule has 2 heterocycles. The number of fused-ring (bicyclic) bond motifs is 1. The van der Waals surface area contributed by atoms with Gasteiger partial charge in [0.1, 0.15) is 0 Å². The van der Waals surface area contributed by atoms with Crippen molar-refractivity contribution < 1.29 is 14.4 Å². The van der Waals surface area contributed by atoms with E-state index in [1.165, 1.54) is 0 Å². The summed E-state index contributed by atoms with van der Waals surface area (Å²) in [7, 11) is 0. The van der Waals surface area contributed by atoms with E-state index < -0.39 is 17.3 Å². The molecule has 2 aromatic carbocycles. The van der Waals surface area contributed by atoms with Gasteiger partial charge in [0.2, 0.25) is 0 Å². The van der Waals surface area contributed by atoms with Crippen LogP contribution in [-0.2, 0) is 20.8 Å². The van der Waals surface area contributed by atoms with Crippen LogP contribution in [0.25, 0.3) is 0 Å². The van der Waals surface area contributed by atoms with Crippen molar-refractivity contribution in [3.05, 3.63) is 81.9 Å². The zero-order chi connectivity index (χ0) is 18.4. The molecule has 7 heteroatoms. The quantitative estimate of drug-likeness (QED) is 0.499. The molecule has 1 amide bonds. The molecule has 3 aromatic rings. The van der Waals surface area contributed by atoms with Gasteiger partial charge in [0.25, 0.3) is 0 Å². The van der Waals surface area contributed by atoms with Crippen molar-refractivity contribution in [1.29, 1.82) is 0 Å². The number of nitrogens with one attached hydrogen (secondary N) is 1. The third kappa shape index (κ3) is 2.25. The Morgan fingerprint density at radius 1 is 1.00 bits per heavy atom. The topological polar surface area (TPSA) is 81.2 Å². The maximum absolute atomic E-state index is 13.2. The molecule has 3 atom stereocenters. The van der Waals surface area contributed by atoms with Crippen LogP contribution in [0.1, 0.15) is 33.1 Å². The van der Waals surface area contributed by atoms with Crippen molar-refractivity contribution in [3.63, 3.8) is 0 Å². The van der Waals surface area contributed by atoms with Gasteiger partial charge in [-0.15, -0.1) is 0 Å². The molecule has 6 nitrogen and oxygen atoms in total. The van der Waals surface area contributed by atoms with Gasteiger partial charge in [-0.1, -0.05) is 0 Å². The summed E-state index contributed by atoms with van der Waals surface area (Å²) in [5.41, 5.74) is 3.73. The summed E-state index contributed by atoms with van der Waals surface area (Å²) < 4.78 is 5.26. The van der Waals surface area contributed by atoms with Gasteiger partial charge in [-0.2, -0.15) is 0 Å². The molecule has 0 saturated carbocycles. The van der Waals surface area contributed by atoms with Crippen LogP contribution in [0.2, 0.25) is 0 Å². The third-order valence-corrected chi connectivity index (χ3v) is 7.28. The molecule has 3 unspecified atom stereocenters. The first-order valence-electron chi connectivity index (χ1n) is 8.65. The van der Waals surface area contributed by atoms with Crippen molar-refractivity contribution in [2.75, 3.05) is 0 Å². The molecule has 0 radical (unpaired) electrons. The molecule has 134 valence electrons. The minimum absolute atomic E-state index is 0.229. The van der Waals surface area contributed by atoms with Crippen LogP contribution in [0.4, 0.5) is 0 Å².